The van der Waals surface area contributed by atoms with Gasteiger partial charge in [-0.1, -0.05) is 30.3 Å². The van der Waals surface area contributed by atoms with Crippen molar-refractivity contribution in [2.75, 3.05) is 13.6 Å². The molecule has 1 aromatic rings. The zero-order chi connectivity index (χ0) is 15.4. The summed E-state index contributed by atoms with van der Waals surface area (Å²) in [6.45, 7) is 5.42. The number of carbonyl (C=O) groups excluding carboxylic acids is 2. The normalized spacial score (nSPS) is 14.2. The third kappa shape index (κ3) is 3.57. The molecule has 0 spiro atoms. The lowest BCUT2D eigenvalue weighted by molar-refractivity contribution is -0.130. The van der Waals surface area contributed by atoms with Gasteiger partial charge in [0, 0.05) is 13.6 Å². The summed E-state index contributed by atoms with van der Waals surface area (Å²) in [5.41, 5.74) is 5.03. The van der Waals surface area contributed by atoms with Crippen LogP contribution in [0.15, 0.2) is 30.3 Å². The predicted octanol–water partition coefficient (Wildman–Crippen LogP) is 0.749. The molecule has 4 N–H and O–H groups in total. The fourth-order valence-electron chi connectivity index (χ4n) is 1.82. The lowest BCUT2D eigenvalue weighted by Gasteiger charge is -2.28. The average molecular weight is 277 g/mol. The van der Waals surface area contributed by atoms with E-state index in [1.54, 1.807) is 27.8 Å². The monoisotopic (exact) mass is 277 g/mol. The van der Waals surface area contributed by atoms with Gasteiger partial charge in [0.1, 0.15) is 5.54 Å². The minimum atomic E-state index is -1.12. The second-order valence-electron chi connectivity index (χ2n) is 5.71. The average Bonchev–Trinajstić information content (AvgIpc) is 2.44. The van der Waals surface area contributed by atoms with Gasteiger partial charge in [-0.15, -0.1) is 0 Å². The van der Waals surface area contributed by atoms with E-state index < -0.39 is 11.0 Å². The highest BCUT2D eigenvalue weighted by Crippen LogP contribution is 2.19. The highest BCUT2D eigenvalue weighted by atomic mass is 16.2. The number of hydrogen-bond acceptors (Lipinski definition) is 3. The summed E-state index contributed by atoms with van der Waals surface area (Å²) < 4.78 is 0. The van der Waals surface area contributed by atoms with Gasteiger partial charge in [0.05, 0.1) is 5.41 Å². The van der Waals surface area contributed by atoms with E-state index in [4.69, 9.17) is 5.73 Å². The van der Waals surface area contributed by atoms with Crippen molar-refractivity contribution < 1.29 is 9.59 Å². The van der Waals surface area contributed by atoms with Crippen LogP contribution in [-0.2, 0) is 15.1 Å². The van der Waals surface area contributed by atoms with Crippen LogP contribution in [0.1, 0.15) is 26.3 Å². The molecule has 0 aliphatic rings. The molecule has 110 valence electrons. The van der Waals surface area contributed by atoms with Crippen LogP contribution in [-0.4, -0.2) is 25.4 Å². The van der Waals surface area contributed by atoms with Crippen molar-refractivity contribution in [1.82, 2.24) is 10.6 Å². The van der Waals surface area contributed by atoms with Crippen LogP contribution in [0, 0.1) is 5.41 Å². The van der Waals surface area contributed by atoms with Crippen molar-refractivity contribution in [1.29, 1.82) is 0 Å². The van der Waals surface area contributed by atoms with Gasteiger partial charge in [0.2, 0.25) is 11.8 Å². The molecule has 2 amide bonds. The minimum absolute atomic E-state index is 0.128. The van der Waals surface area contributed by atoms with Crippen LogP contribution in [0.4, 0.5) is 0 Å². The van der Waals surface area contributed by atoms with Crippen molar-refractivity contribution in [3.8, 4) is 0 Å². The van der Waals surface area contributed by atoms with E-state index in [1.807, 2.05) is 30.3 Å². The summed E-state index contributed by atoms with van der Waals surface area (Å²) in [6.07, 6.45) is 0. The zero-order valence-electron chi connectivity index (χ0n) is 12.5. The van der Waals surface area contributed by atoms with E-state index in [9.17, 15) is 9.59 Å². The Kier molecular flexibility index (Phi) is 4.89. The Hall–Kier alpha value is -1.88. The largest absolute Gasteiger partial charge is 0.359 e. The topological polar surface area (TPSA) is 84.2 Å². The Labute approximate surface area is 119 Å². The fourth-order valence-corrected chi connectivity index (χ4v) is 1.82. The van der Waals surface area contributed by atoms with Gasteiger partial charge in [0.15, 0.2) is 0 Å². The fraction of sp³-hybridized carbons (Fsp3) is 0.467. The van der Waals surface area contributed by atoms with Crippen molar-refractivity contribution in [2.24, 2.45) is 11.1 Å². The number of benzene rings is 1. The molecule has 5 heteroatoms. The maximum absolute atomic E-state index is 12.3. The standard InChI is InChI=1S/C15H23N3O2/c1-14(2,12(19)17-4)10-18-13(20)15(3,16)11-8-6-5-7-9-11/h5-9H,10,16H2,1-4H3,(H,17,19)(H,18,20). The van der Waals surface area contributed by atoms with E-state index in [-0.39, 0.29) is 18.4 Å². The lowest BCUT2D eigenvalue weighted by Crippen LogP contribution is -2.52. The van der Waals surface area contributed by atoms with Crippen LogP contribution >= 0.6 is 0 Å². The predicted molar refractivity (Wildman–Crippen MR) is 78.8 cm³/mol. The van der Waals surface area contributed by atoms with Crippen LogP contribution in [0.3, 0.4) is 0 Å². The third-order valence-corrected chi connectivity index (χ3v) is 3.38. The summed E-state index contributed by atoms with van der Waals surface area (Å²) in [7, 11) is 1.57. The molecule has 1 unspecified atom stereocenters. The molecule has 0 aromatic heterocycles. The number of rotatable bonds is 5. The van der Waals surface area contributed by atoms with Gasteiger partial charge in [-0.3, -0.25) is 9.59 Å². The molecule has 0 heterocycles. The Morgan fingerprint density at radius 2 is 1.65 bits per heavy atom. The van der Waals surface area contributed by atoms with E-state index in [1.165, 1.54) is 0 Å². The van der Waals surface area contributed by atoms with Crippen molar-refractivity contribution in [2.45, 2.75) is 26.3 Å². The maximum atomic E-state index is 12.3. The number of nitrogens with two attached hydrogens (primary N) is 1. The molecule has 0 aliphatic carbocycles. The van der Waals surface area contributed by atoms with Crippen LogP contribution < -0.4 is 16.4 Å². The summed E-state index contributed by atoms with van der Waals surface area (Å²) >= 11 is 0. The molecule has 5 nitrogen and oxygen atoms in total. The Morgan fingerprint density at radius 1 is 1.10 bits per heavy atom. The molecule has 0 fully saturated rings. The smallest absolute Gasteiger partial charge is 0.244 e. The zero-order valence-corrected chi connectivity index (χ0v) is 12.5. The summed E-state index contributed by atoms with van der Waals surface area (Å²) in [6, 6.07) is 9.16. The summed E-state index contributed by atoms with van der Waals surface area (Å²) in [5, 5.41) is 5.33. The number of hydrogen-bond donors (Lipinski definition) is 3. The number of carbonyl (C=O) groups is 2. The van der Waals surface area contributed by atoms with Gasteiger partial charge in [-0.05, 0) is 26.3 Å². The van der Waals surface area contributed by atoms with Crippen molar-refractivity contribution in [3.63, 3.8) is 0 Å². The lowest BCUT2D eigenvalue weighted by atomic mass is 9.89. The Bertz CT molecular complexity index is 481. The first-order chi connectivity index (χ1) is 9.21. The highest BCUT2D eigenvalue weighted by molar-refractivity contribution is 5.88. The van der Waals surface area contributed by atoms with Crippen molar-refractivity contribution >= 4 is 11.8 Å². The molecule has 0 saturated heterocycles. The number of nitrogens with one attached hydrogen (secondary N) is 2. The molecule has 0 aliphatic heterocycles. The number of amides is 2. The van der Waals surface area contributed by atoms with Gasteiger partial charge < -0.3 is 16.4 Å². The minimum Gasteiger partial charge on any atom is -0.359 e. The van der Waals surface area contributed by atoms with Gasteiger partial charge in [-0.25, -0.2) is 0 Å². The molecule has 1 atom stereocenters. The first-order valence-corrected chi connectivity index (χ1v) is 6.56. The first-order valence-electron chi connectivity index (χ1n) is 6.56. The van der Waals surface area contributed by atoms with Gasteiger partial charge in [-0.2, -0.15) is 0 Å². The molecule has 0 saturated carbocycles. The van der Waals surface area contributed by atoms with Crippen LogP contribution in [0.5, 0.6) is 0 Å². The molecule has 20 heavy (non-hydrogen) atoms. The van der Waals surface area contributed by atoms with Crippen molar-refractivity contribution in [3.05, 3.63) is 35.9 Å². The highest BCUT2D eigenvalue weighted by Gasteiger charge is 2.33. The molecule has 0 radical (unpaired) electrons. The van der Waals surface area contributed by atoms with Gasteiger partial charge >= 0.3 is 0 Å². The van der Waals surface area contributed by atoms with E-state index >= 15 is 0 Å². The molecular weight excluding hydrogens is 254 g/mol. The summed E-state index contributed by atoms with van der Waals surface area (Å²) in [5.74, 6) is -0.433. The second-order valence-corrected chi connectivity index (χ2v) is 5.71. The Balaban J connectivity index is 2.74. The third-order valence-electron chi connectivity index (χ3n) is 3.38. The van der Waals surface area contributed by atoms with Crippen LogP contribution in [0.2, 0.25) is 0 Å². The molecule has 1 rings (SSSR count). The van der Waals surface area contributed by atoms with E-state index in [0.29, 0.717) is 0 Å². The van der Waals surface area contributed by atoms with Gasteiger partial charge in [0.25, 0.3) is 0 Å². The SMILES string of the molecule is CNC(=O)C(C)(C)CNC(=O)C(C)(N)c1ccccc1. The maximum Gasteiger partial charge on any atom is 0.244 e. The Morgan fingerprint density at radius 3 is 2.15 bits per heavy atom. The first kappa shape index (κ1) is 16.2. The molecule has 0 bridgehead atoms. The summed E-state index contributed by atoms with van der Waals surface area (Å²) in [4.78, 5) is 23.9. The van der Waals surface area contributed by atoms with Crippen LogP contribution in [0.25, 0.3) is 0 Å². The van der Waals surface area contributed by atoms with E-state index in [2.05, 4.69) is 10.6 Å². The van der Waals surface area contributed by atoms with E-state index in [0.717, 1.165) is 5.56 Å². The molecular formula is C15H23N3O2. The quantitative estimate of drug-likeness (QED) is 0.742. The second kappa shape index (κ2) is 6.05. The molecule has 1 aromatic carbocycles.